The number of fused-ring (bicyclic) bond motifs is 1. The lowest BCUT2D eigenvalue weighted by atomic mass is 10.0. The summed E-state index contributed by atoms with van der Waals surface area (Å²) in [5, 5.41) is 11.7. The van der Waals surface area contributed by atoms with Crippen molar-refractivity contribution < 1.29 is 9.72 Å². The van der Waals surface area contributed by atoms with Crippen LogP contribution >= 0.6 is 0 Å². The fourth-order valence-electron chi connectivity index (χ4n) is 4.10. The van der Waals surface area contributed by atoms with Gasteiger partial charge in [0.2, 0.25) is 0 Å². The molecular formula is C22H25N5O3. The van der Waals surface area contributed by atoms with Gasteiger partial charge in [0, 0.05) is 80.3 Å². The molecule has 4 rings (SSSR count). The van der Waals surface area contributed by atoms with Gasteiger partial charge in [-0.1, -0.05) is 6.07 Å². The van der Waals surface area contributed by atoms with E-state index >= 15 is 0 Å². The number of nitro groups is 1. The van der Waals surface area contributed by atoms with Gasteiger partial charge in [0.1, 0.15) is 0 Å². The van der Waals surface area contributed by atoms with Crippen molar-refractivity contribution in [2.75, 3.05) is 26.7 Å². The number of carbonyl (C=O) groups excluding carboxylic acids is 1. The summed E-state index contributed by atoms with van der Waals surface area (Å²) in [6.07, 6.45) is 6.21. The van der Waals surface area contributed by atoms with Crippen molar-refractivity contribution in [2.45, 2.75) is 25.3 Å². The molecule has 1 aromatic carbocycles. The van der Waals surface area contributed by atoms with E-state index in [1.807, 2.05) is 31.4 Å². The molecule has 0 saturated carbocycles. The minimum atomic E-state index is -0.439. The van der Waals surface area contributed by atoms with E-state index in [9.17, 15) is 14.9 Å². The average Bonchev–Trinajstić information content (AvgIpc) is 3.21. The maximum absolute atomic E-state index is 13.1. The number of nitrogens with zero attached hydrogens (tertiary/aromatic N) is 4. The molecule has 1 amide bonds. The first kappa shape index (κ1) is 20.0. The zero-order chi connectivity index (χ0) is 21.1. The van der Waals surface area contributed by atoms with Crippen molar-refractivity contribution in [3.63, 3.8) is 0 Å². The molecule has 0 unspecified atom stereocenters. The monoisotopic (exact) mass is 407 g/mol. The highest BCUT2D eigenvalue weighted by Crippen LogP contribution is 2.26. The molecule has 1 saturated heterocycles. The SMILES string of the molecule is CN(C(=O)c1c[nH]c2ccc([N+](=O)[O-])cc12)C1CCN(CCc2ccccn2)CC1. The Morgan fingerprint density at radius 2 is 2.10 bits per heavy atom. The van der Waals surface area contributed by atoms with Crippen LogP contribution in [0, 0.1) is 10.1 Å². The van der Waals surface area contributed by atoms with Gasteiger partial charge in [0.15, 0.2) is 0 Å². The number of nitro benzene ring substituents is 1. The molecule has 156 valence electrons. The van der Waals surface area contributed by atoms with Crippen LogP contribution in [0.2, 0.25) is 0 Å². The van der Waals surface area contributed by atoms with Crippen molar-refractivity contribution in [3.8, 4) is 0 Å². The van der Waals surface area contributed by atoms with Crippen LogP contribution in [0.4, 0.5) is 5.69 Å². The molecule has 1 N–H and O–H groups in total. The Hall–Kier alpha value is -3.26. The standard InChI is InChI=1S/C22H25N5O3/c1-25(17-8-12-26(13-9-17)11-7-16-4-2-3-10-23-16)22(28)20-15-24-21-6-5-18(27(29)30)14-19(20)21/h2-6,10,14-15,17,24H,7-9,11-13H2,1H3. The van der Waals surface area contributed by atoms with Crippen LogP contribution in [0.1, 0.15) is 28.9 Å². The Morgan fingerprint density at radius 1 is 1.30 bits per heavy atom. The van der Waals surface area contributed by atoms with Gasteiger partial charge in [-0.2, -0.15) is 0 Å². The number of nitrogens with one attached hydrogen (secondary N) is 1. The molecule has 1 aliphatic heterocycles. The number of H-pyrrole nitrogens is 1. The minimum Gasteiger partial charge on any atom is -0.360 e. The Bertz CT molecular complexity index is 1040. The molecular weight excluding hydrogens is 382 g/mol. The summed E-state index contributed by atoms with van der Waals surface area (Å²) in [5.41, 5.74) is 2.29. The molecule has 0 radical (unpaired) electrons. The van der Waals surface area contributed by atoms with E-state index in [1.54, 1.807) is 17.2 Å². The van der Waals surface area contributed by atoms with E-state index in [0.29, 0.717) is 10.9 Å². The van der Waals surface area contributed by atoms with E-state index < -0.39 is 4.92 Å². The highest BCUT2D eigenvalue weighted by atomic mass is 16.6. The van der Waals surface area contributed by atoms with Crippen molar-refractivity contribution in [2.24, 2.45) is 0 Å². The first-order valence-corrected chi connectivity index (χ1v) is 10.2. The van der Waals surface area contributed by atoms with E-state index in [1.165, 1.54) is 12.1 Å². The van der Waals surface area contributed by atoms with Crippen molar-refractivity contribution >= 4 is 22.5 Å². The summed E-state index contributed by atoms with van der Waals surface area (Å²) in [4.78, 5) is 35.4. The Labute approximate surface area is 174 Å². The van der Waals surface area contributed by atoms with Gasteiger partial charge in [0.25, 0.3) is 11.6 Å². The van der Waals surface area contributed by atoms with Crippen LogP contribution in [-0.4, -0.2) is 63.3 Å². The molecule has 3 aromatic rings. The van der Waals surface area contributed by atoms with Gasteiger partial charge >= 0.3 is 0 Å². The average molecular weight is 407 g/mol. The van der Waals surface area contributed by atoms with Crippen LogP contribution in [0.5, 0.6) is 0 Å². The number of aromatic amines is 1. The number of pyridine rings is 1. The molecule has 1 fully saturated rings. The fraction of sp³-hybridized carbons (Fsp3) is 0.364. The van der Waals surface area contributed by atoms with Crippen molar-refractivity contribution in [3.05, 3.63) is 70.2 Å². The van der Waals surface area contributed by atoms with Gasteiger partial charge in [-0.3, -0.25) is 19.9 Å². The van der Waals surface area contributed by atoms with Gasteiger partial charge in [-0.15, -0.1) is 0 Å². The van der Waals surface area contributed by atoms with E-state index in [2.05, 4.69) is 14.9 Å². The first-order chi connectivity index (χ1) is 14.5. The third-order valence-electron chi connectivity index (χ3n) is 5.94. The van der Waals surface area contributed by atoms with Gasteiger partial charge in [-0.25, -0.2) is 0 Å². The molecule has 0 aliphatic carbocycles. The molecule has 0 spiro atoms. The van der Waals surface area contributed by atoms with Crippen LogP contribution in [0.25, 0.3) is 10.9 Å². The number of hydrogen-bond donors (Lipinski definition) is 1. The van der Waals surface area contributed by atoms with E-state index in [-0.39, 0.29) is 17.6 Å². The number of hydrogen-bond acceptors (Lipinski definition) is 5. The number of likely N-dealkylation sites (tertiary alicyclic amines) is 1. The first-order valence-electron chi connectivity index (χ1n) is 10.2. The molecule has 8 nitrogen and oxygen atoms in total. The van der Waals surface area contributed by atoms with Crippen LogP contribution in [0.3, 0.4) is 0 Å². The quantitative estimate of drug-likeness (QED) is 0.500. The summed E-state index contributed by atoms with van der Waals surface area (Å²) < 4.78 is 0. The summed E-state index contributed by atoms with van der Waals surface area (Å²) in [6, 6.07) is 10.7. The van der Waals surface area contributed by atoms with Crippen LogP contribution in [-0.2, 0) is 6.42 Å². The molecule has 30 heavy (non-hydrogen) atoms. The largest absolute Gasteiger partial charge is 0.360 e. The lowest BCUT2D eigenvalue weighted by molar-refractivity contribution is -0.384. The topological polar surface area (TPSA) is 95.4 Å². The number of rotatable bonds is 6. The Balaban J connectivity index is 1.37. The van der Waals surface area contributed by atoms with E-state index in [4.69, 9.17) is 0 Å². The zero-order valence-corrected chi connectivity index (χ0v) is 17.0. The van der Waals surface area contributed by atoms with E-state index in [0.717, 1.165) is 50.1 Å². The molecule has 2 aromatic heterocycles. The van der Waals surface area contributed by atoms with Gasteiger partial charge < -0.3 is 14.8 Å². The maximum Gasteiger partial charge on any atom is 0.270 e. The Kier molecular flexibility index (Phi) is 5.76. The number of benzene rings is 1. The maximum atomic E-state index is 13.1. The van der Waals surface area contributed by atoms with Crippen LogP contribution in [0.15, 0.2) is 48.8 Å². The minimum absolute atomic E-state index is 0.0139. The second-order valence-electron chi connectivity index (χ2n) is 7.75. The predicted molar refractivity (Wildman–Crippen MR) is 114 cm³/mol. The molecule has 8 heteroatoms. The third-order valence-corrected chi connectivity index (χ3v) is 5.94. The zero-order valence-electron chi connectivity index (χ0n) is 17.0. The number of piperidine rings is 1. The Morgan fingerprint density at radius 3 is 2.80 bits per heavy atom. The fourth-order valence-corrected chi connectivity index (χ4v) is 4.10. The molecule has 3 heterocycles. The highest BCUT2D eigenvalue weighted by Gasteiger charge is 2.27. The van der Waals surface area contributed by atoms with Crippen LogP contribution < -0.4 is 0 Å². The second-order valence-corrected chi connectivity index (χ2v) is 7.75. The molecule has 0 atom stereocenters. The summed E-state index contributed by atoms with van der Waals surface area (Å²) in [5.74, 6) is -0.103. The van der Waals surface area contributed by atoms with Crippen molar-refractivity contribution in [1.82, 2.24) is 19.8 Å². The summed E-state index contributed by atoms with van der Waals surface area (Å²) in [6.45, 7) is 2.84. The molecule has 0 bridgehead atoms. The normalized spacial score (nSPS) is 15.4. The number of aromatic nitrogens is 2. The van der Waals surface area contributed by atoms with Gasteiger partial charge in [-0.05, 0) is 31.0 Å². The number of amides is 1. The van der Waals surface area contributed by atoms with Gasteiger partial charge in [0.05, 0.1) is 10.5 Å². The second kappa shape index (κ2) is 8.62. The number of carbonyl (C=O) groups is 1. The lowest BCUT2D eigenvalue weighted by Crippen LogP contribution is -2.46. The highest BCUT2D eigenvalue weighted by molar-refractivity contribution is 6.07. The number of non-ortho nitro benzene ring substituents is 1. The lowest BCUT2D eigenvalue weighted by Gasteiger charge is -2.36. The predicted octanol–water partition coefficient (Wildman–Crippen LogP) is 3.25. The summed E-state index contributed by atoms with van der Waals surface area (Å²) >= 11 is 0. The third kappa shape index (κ3) is 4.18. The molecule has 1 aliphatic rings. The smallest absolute Gasteiger partial charge is 0.270 e. The summed E-state index contributed by atoms with van der Waals surface area (Å²) in [7, 11) is 1.83. The van der Waals surface area contributed by atoms with Crippen molar-refractivity contribution in [1.29, 1.82) is 0 Å².